The highest BCUT2D eigenvalue weighted by Gasteiger charge is 2.31. The highest BCUT2D eigenvalue weighted by molar-refractivity contribution is 5.80. The number of piperidine rings is 1. The molecule has 8 nitrogen and oxygen atoms in total. The van der Waals surface area contributed by atoms with E-state index in [0.29, 0.717) is 5.65 Å². The predicted octanol–water partition coefficient (Wildman–Crippen LogP) is 2.60. The lowest BCUT2D eigenvalue weighted by Crippen LogP contribution is -2.52. The van der Waals surface area contributed by atoms with Crippen LogP contribution in [0.1, 0.15) is 12.8 Å². The standard InChI is InChI=1S/C24H28N6O2/c1-32-21-6-2-5-19(14-21)28-10-12-29(13-11-28)24(31)18-4-3-9-30(17-18)20-15-22-23(27-16-20)26-8-7-25-22/h2,5-8,14-16,18H,3-4,9-13,17H2,1H3/t18-/m1/s1. The Labute approximate surface area is 187 Å². The number of methoxy groups -OCH3 is 1. The zero-order valence-corrected chi connectivity index (χ0v) is 18.4. The Morgan fingerprint density at radius 3 is 2.66 bits per heavy atom. The minimum Gasteiger partial charge on any atom is -0.497 e. The number of nitrogens with zero attached hydrogens (tertiary/aromatic N) is 6. The largest absolute Gasteiger partial charge is 0.497 e. The zero-order valence-electron chi connectivity index (χ0n) is 18.4. The van der Waals surface area contributed by atoms with E-state index in [1.54, 1.807) is 19.5 Å². The summed E-state index contributed by atoms with van der Waals surface area (Å²) >= 11 is 0. The number of rotatable bonds is 4. The summed E-state index contributed by atoms with van der Waals surface area (Å²) in [5.41, 5.74) is 3.59. The first kappa shape index (κ1) is 20.5. The fraction of sp³-hybridized carbons (Fsp3) is 0.417. The van der Waals surface area contributed by atoms with E-state index in [9.17, 15) is 4.79 Å². The van der Waals surface area contributed by atoms with Crippen molar-refractivity contribution in [3.63, 3.8) is 0 Å². The van der Waals surface area contributed by atoms with Gasteiger partial charge < -0.3 is 19.4 Å². The van der Waals surface area contributed by atoms with Crippen LogP contribution in [0, 0.1) is 5.92 Å². The van der Waals surface area contributed by atoms with Gasteiger partial charge in [0.15, 0.2) is 5.65 Å². The SMILES string of the molecule is COc1cccc(N2CCN(C(=O)[C@@H]3CCCN(c4cnc5nccnc5c4)C3)CC2)c1. The van der Waals surface area contributed by atoms with Crippen molar-refractivity contribution in [3.05, 3.63) is 48.9 Å². The Kier molecular flexibility index (Phi) is 5.75. The summed E-state index contributed by atoms with van der Waals surface area (Å²) in [6, 6.07) is 10.1. The van der Waals surface area contributed by atoms with E-state index >= 15 is 0 Å². The molecule has 2 aliphatic heterocycles. The third-order valence-electron chi connectivity index (χ3n) is 6.46. The molecule has 5 rings (SSSR count). The number of carbonyl (C=O) groups excluding carboxylic acids is 1. The molecular weight excluding hydrogens is 404 g/mol. The molecule has 2 aromatic heterocycles. The van der Waals surface area contributed by atoms with Gasteiger partial charge in [0.05, 0.1) is 24.9 Å². The second-order valence-corrected chi connectivity index (χ2v) is 8.39. The molecule has 0 radical (unpaired) electrons. The van der Waals surface area contributed by atoms with E-state index in [2.05, 4.69) is 36.9 Å². The van der Waals surface area contributed by atoms with E-state index in [-0.39, 0.29) is 11.8 Å². The van der Waals surface area contributed by atoms with Gasteiger partial charge in [-0.1, -0.05) is 6.07 Å². The van der Waals surface area contributed by atoms with Gasteiger partial charge >= 0.3 is 0 Å². The third kappa shape index (κ3) is 4.17. The van der Waals surface area contributed by atoms with Gasteiger partial charge in [-0.3, -0.25) is 9.78 Å². The van der Waals surface area contributed by atoms with E-state index in [1.165, 1.54) is 0 Å². The van der Waals surface area contributed by atoms with Gasteiger partial charge in [-0.05, 0) is 31.0 Å². The quantitative estimate of drug-likeness (QED) is 0.627. The van der Waals surface area contributed by atoms with Gasteiger partial charge in [-0.15, -0.1) is 0 Å². The van der Waals surface area contributed by atoms with Crippen molar-refractivity contribution in [1.82, 2.24) is 19.9 Å². The van der Waals surface area contributed by atoms with Gasteiger partial charge in [0.25, 0.3) is 0 Å². The fourth-order valence-corrected chi connectivity index (χ4v) is 4.68. The summed E-state index contributed by atoms with van der Waals surface area (Å²) in [7, 11) is 1.69. The lowest BCUT2D eigenvalue weighted by Gasteiger charge is -2.40. The molecule has 0 N–H and O–H groups in total. The summed E-state index contributed by atoms with van der Waals surface area (Å²) in [5.74, 6) is 1.15. The van der Waals surface area contributed by atoms with Gasteiger partial charge in [0.2, 0.25) is 5.91 Å². The summed E-state index contributed by atoms with van der Waals surface area (Å²) in [4.78, 5) is 33.0. The van der Waals surface area contributed by atoms with Crippen LogP contribution in [0.4, 0.5) is 11.4 Å². The molecule has 0 saturated carbocycles. The number of amides is 1. The molecule has 0 bridgehead atoms. The lowest BCUT2D eigenvalue weighted by molar-refractivity contribution is -0.136. The molecule has 166 valence electrons. The van der Waals surface area contributed by atoms with E-state index in [4.69, 9.17) is 4.74 Å². The van der Waals surface area contributed by atoms with Crippen molar-refractivity contribution < 1.29 is 9.53 Å². The smallest absolute Gasteiger partial charge is 0.227 e. The number of hydrogen-bond donors (Lipinski definition) is 0. The van der Waals surface area contributed by atoms with Crippen LogP contribution in [-0.2, 0) is 4.79 Å². The average Bonchev–Trinajstić information content (AvgIpc) is 2.88. The summed E-state index contributed by atoms with van der Waals surface area (Å²) in [6.45, 7) is 4.83. The minimum atomic E-state index is 0.0182. The van der Waals surface area contributed by atoms with Gasteiger partial charge in [0.1, 0.15) is 11.3 Å². The van der Waals surface area contributed by atoms with Crippen LogP contribution in [-0.4, -0.2) is 72.1 Å². The maximum Gasteiger partial charge on any atom is 0.227 e. The van der Waals surface area contributed by atoms with Crippen molar-refractivity contribution >= 4 is 28.4 Å². The molecule has 8 heteroatoms. The van der Waals surface area contributed by atoms with Crippen LogP contribution in [0.3, 0.4) is 0 Å². The topological polar surface area (TPSA) is 74.7 Å². The molecule has 1 amide bonds. The number of pyridine rings is 1. The fourth-order valence-electron chi connectivity index (χ4n) is 4.68. The molecule has 2 saturated heterocycles. The first-order chi connectivity index (χ1) is 15.7. The molecule has 2 fully saturated rings. The number of benzene rings is 1. The van der Waals surface area contributed by atoms with E-state index < -0.39 is 0 Å². The molecule has 4 heterocycles. The maximum atomic E-state index is 13.3. The second kappa shape index (κ2) is 8.98. The molecule has 0 spiro atoms. The summed E-state index contributed by atoms with van der Waals surface area (Å²) < 4.78 is 5.35. The molecule has 1 atom stereocenters. The van der Waals surface area contributed by atoms with Crippen molar-refractivity contribution in [2.24, 2.45) is 5.92 Å². The van der Waals surface area contributed by atoms with Gasteiger partial charge in [-0.25, -0.2) is 9.97 Å². The zero-order chi connectivity index (χ0) is 21.9. The predicted molar refractivity (Wildman–Crippen MR) is 124 cm³/mol. The first-order valence-corrected chi connectivity index (χ1v) is 11.2. The Morgan fingerprint density at radius 2 is 1.81 bits per heavy atom. The lowest BCUT2D eigenvalue weighted by atomic mass is 9.95. The summed E-state index contributed by atoms with van der Waals surface area (Å²) in [6.07, 6.45) is 7.11. The normalized spacial score (nSPS) is 19.3. The van der Waals surface area contributed by atoms with Crippen molar-refractivity contribution in [2.75, 3.05) is 56.2 Å². The van der Waals surface area contributed by atoms with E-state index in [0.717, 1.165) is 74.8 Å². The van der Waals surface area contributed by atoms with Crippen molar-refractivity contribution in [3.8, 4) is 5.75 Å². The molecule has 0 aliphatic carbocycles. The van der Waals surface area contributed by atoms with Gasteiger partial charge in [-0.2, -0.15) is 0 Å². The number of piperazine rings is 1. The highest BCUT2D eigenvalue weighted by atomic mass is 16.5. The number of anilines is 2. The number of aromatic nitrogens is 3. The van der Waals surface area contributed by atoms with Crippen LogP contribution >= 0.6 is 0 Å². The second-order valence-electron chi connectivity index (χ2n) is 8.39. The van der Waals surface area contributed by atoms with Gasteiger partial charge in [0, 0.05) is 63.4 Å². The molecular formula is C24H28N6O2. The average molecular weight is 433 g/mol. The number of fused-ring (bicyclic) bond motifs is 1. The Bertz CT molecular complexity index is 1100. The Hall–Kier alpha value is -3.42. The van der Waals surface area contributed by atoms with Crippen LogP contribution in [0.2, 0.25) is 0 Å². The first-order valence-electron chi connectivity index (χ1n) is 11.2. The Balaban J connectivity index is 1.21. The van der Waals surface area contributed by atoms with Crippen molar-refractivity contribution in [1.29, 1.82) is 0 Å². The van der Waals surface area contributed by atoms with Crippen LogP contribution in [0.15, 0.2) is 48.9 Å². The molecule has 3 aromatic rings. The minimum absolute atomic E-state index is 0.0182. The summed E-state index contributed by atoms with van der Waals surface area (Å²) in [5, 5.41) is 0. The van der Waals surface area contributed by atoms with Crippen molar-refractivity contribution in [2.45, 2.75) is 12.8 Å². The number of hydrogen-bond acceptors (Lipinski definition) is 7. The number of carbonyl (C=O) groups is 1. The monoisotopic (exact) mass is 432 g/mol. The highest BCUT2D eigenvalue weighted by Crippen LogP contribution is 2.27. The van der Waals surface area contributed by atoms with Crippen LogP contribution in [0.5, 0.6) is 5.75 Å². The maximum absolute atomic E-state index is 13.3. The third-order valence-corrected chi connectivity index (χ3v) is 6.46. The number of ether oxygens (including phenoxy) is 1. The van der Waals surface area contributed by atoms with E-state index in [1.807, 2.05) is 29.3 Å². The molecule has 2 aliphatic rings. The molecule has 32 heavy (non-hydrogen) atoms. The Morgan fingerprint density at radius 1 is 0.969 bits per heavy atom. The van der Waals surface area contributed by atoms with Crippen LogP contribution in [0.25, 0.3) is 11.2 Å². The molecule has 0 unspecified atom stereocenters. The molecule has 1 aromatic carbocycles. The van der Waals surface area contributed by atoms with Crippen LogP contribution < -0.4 is 14.5 Å².